The van der Waals surface area contributed by atoms with E-state index in [1.165, 1.54) is 0 Å². The Kier molecular flexibility index (Phi) is 3.92. The van der Waals surface area contributed by atoms with Crippen molar-refractivity contribution >= 4 is 10.0 Å². The minimum atomic E-state index is -3.34. The molecule has 1 rings (SSSR count). The molecule has 1 aliphatic heterocycles. The number of rotatable bonds is 3. The van der Waals surface area contributed by atoms with Crippen molar-refractivity contribution in [3.8, 4) is 0 Å². The zero-order valence-electron chi connectivity index (χ0n) is 8.94. The Bertz CT molecular complexity index is 275. The average Bonchev–Trinajstić information content (AvgIpc) is 2.01. The van der Waals surface area contributed by atoms with Crippen molar-refractivity contribution in [1.82, 2.24) is 4.90 Å². The van der Waals surface area contributed by atoms with Gasteiger partial charge >= 0.3 is 0 Å². The first kappa shape index (κ1) is 11.9. The summed E-state index contributed by atoms with van der Waals surface area (Å²) in [5, 5.41) is 4.80. The van der Waals surface area contributed by atoms with Crippen LogP contribution in [-0.4, -0.2) is 38.2 Å². The summed E-state index contributed by atoms with van der Waals surface area (Å²) in [7, 11) is -3.34. The number of likely N-dealkylation sites (tertiary alicyclic amines) is 1. The first-order valence-corrected chi connectivity index (χ1v) is 6.74. The van der Waals surface area contributed by atoms with E-state index in [0.717, 1.165) is 19.5 Å². The fourth-order valence-electron chi connectivity index (χ4n) is 1.96. The molecule has 1 aliphatic rings. The number of nitrogens with two attached hydrogens (primary N) is 1. The van der Waals surface area contributed by atoms with Crippen molar-refractivity contribution in [2.45, 2.75) is 31.9 Å². The molecule has 0 amide bonds. The monoisotopic (exact) mass is 220 g/mol. The summed E-state index contributed by atoms with van der Waals surface area (Å²) in [5.74, 6) is 0.578. The van der Waals surface area contributed by atoms with E-state index < -0.39 is 10.0 Å². The topological polar surface area (TPSA) is 63.4 Å². The van der Waals surface area contributed by atoms with Crippen molar-refractivity contribution in [2.24, 2.45) is 11.1 Å². The number of hydrogen-bond acceptors (Lipinski definition) is 3. The quantitative estimate of drug-likeness (QED) is 0.748. The largest absolute Gasteiger partial charge is 0.302 e. The summed E-state index contributed by atoms with van der Waals surface area (Å²) in [6.45, 7) is 6.86. The summed E-state index contributed by atoms with van der Waals surface area (Å²) in [5.41, 5.74) is 0. The molecule has 2 N–H and O–H groups in total. The van der Waals surface area contributed by atoms with Crippen LogP contribution in [-0.2, 0) is 10.0 Å². The van der Waals surface area contributed by atoms with E-state index in [9.17, 15) is 8.42 Å². The fourth-order valence-corrected chi connectivity index (χ4v) is 2.88. The molecule has 0 aromatic rings. The maximum atomic E-state index is 11.2. The molecule has 84 valence electrons. The van der Waals surface area contributed by atoms with Crippen LogP contribution < -0.4 is 5.14 Å². The molecular weight excluding hydrogens is 200 g/mol. The highest BCUT2D eigenvalue weighted by molar-refractivity contribution is 7.89. The van der Waals surface area contributed by atoms with Gasteiger partial charge in [-0.1, -0.05) is 13.8 Å². The molecule has 0 aromatic heterocycles. The molecule has 5 heteroatoms. The van der Waals surface area contributed by atoms with Crippen LogP contribution in [0.25, 0.3) is 0 Å². The van der Waals surface area contributed by atoms with Gasteiger partial charge in [0.2, 0.25) is 10.0 Å². The highest BCUT2D eigenvalue weighted by Crippen LogP contribution is 2.16. The highest BCUT2D eigenvalue weighted by Gasteiger charge is 2.27. The molecule has 0 bridgehead atoms. The standard InChI is InChI=1S/C9H20N2O2S/c1-8(2)6-11-5-3-4-9(7-11)14(10,12)13/h8-9H,3-7H2,1-2H3,(H2,10,12,13)/t9-/m1/s1. The predicted molar refractivity (Wildman–Crippen MR) is 57.4 cm³/mol. The van der Waals surface area contributed by atoms with Crippen LogP contribution in [0, 0.1) is 5.92 Å². The molecule has 1 heterocycles. The molecule has 0 spiro atoms. The third-order valence-electron chi connectivity index (χ3n) is 2.55. The second kappa shape index (κ2) is 4.59. The van der Waals surface area contributed by atoms with Gasteiger partial charge in [-0.3, -0.25) is 0 Å². The Morgan fingerprint density at radius 3 is 2.64 bits per heavy atom. The van der Waals surface area contributed by atoms with Crippen LogP contribution >= 0.6 is 0 Å². The molecule has 0 radical (unpaired) electrons. The fraction of sp³-hybridized carbons (Fsp3) is 1.00. The Hall–Kier alpha value is -0.130. The molecule has 0 unspecified atom stereocenters. The number of hydrogen-bond donors (Lipinski definition) is 1. The van der Waals surface area contributed by atoms with Gasteiger partial charge in [0.25, 0.3) is 0 Å². The van der Waals surface area contributed by atoms with Crippen molar-refractivity contribution in [1.29, 1.82) is 0 Å². The van der Waals surface area contributed by atoms with Gasteiger partial charge in [0.15, 0.2) is 0 Å². The van der Waals surface area contributed by atoms with E-state index in [2.05, 4.69) is 18.7 Å². The van der Waals surface area contributed by atoms with Gasteiger partial charge in [0.1, 0.15) is 0 Å². The van der Waals surface area contributed by atoms with Crippen LogP contribution in [0.4, 0.5) is 0 Å². The molecule has 1 fully saturated rings. The summed E-state index contributed by atoms with van der Waals surface area (Å²) in [4.78, 5) is 2.20. The van der Waals surface area contributed by atoms with Gasteiger partial charge in [-0.25, -0.2) is 13.6 Å². The van der Waals surface area contributed by atoms with Crippen LogP contribution in [0.3, 0.4) is 0 Å². The van der Waals surface area contributed by atoms with E-state index >= 15 is 0 Å². The van der Waals surface area contributed by atoms with Crippen molar-refractivity contribution in [3.05, 3.63) is 0 Å². The van der Waals surface area contributed by atoms with Crippen LogP contribution in [0.5, 0.6) is 0 Å². The maximum Gasteiger partial charge on any atom is 0.213 e. The van der Waals surface area contributed by atoms with Gasteiger partial charge in [0, 0.05) is 13.1 Å². The lowest BCUT2D eigenvalue weighted by molar-refractivity contribution is 0.207. The normalized spacial score (nSPS) is 25.6. The Balaban J connectivity index is 2.52. The third-order valence-corrected chi connectivity index (χ3v) is 3.86. The Morgan fingerprint density at radius 2 is 2.14 bits per heavy atom. The van der Waals surface area contributed by atoms with Gasteiger partial charge < -0.3 is 4.90 Å². The zero-order chi connectivity index (χ0) is 10.8. The van der Waals surface area contributed by atoms with Gasteiger partial charge in [0.05, 0.1) is 5.25 Å². The summed E-state index contributed by atoms with van der Waals surface area (Å²) < 4.78 is 22.3. The van der Waals surface area contributed by atoms with Crippen LogP contribution in [0.2, 0.25) is 0 Å². The molecule has 0 aromatic carbocycles. The number of nitrogens with zero attached hydrogens (tertiary/aromatic N) is 1. The van der Waals surface area contributed by atoms with E-state index in [1.54, 1.807) is 0 Å². The lowest BCUT2D eigenvalue weighted by atomic mass is 10.1. The number of piperidine rings is 1. The van der Waals surface area contributed by atoms with Crippen molar-refractivity contribution in [2.75, 3.05) is 19.6 Å². The number of sulfonamides is 1. The van der Waals surface area contributed by atoms with Crippen LogP contribution in [0.15, 0.2) is 0 Å². The Morgan fingerprint density at radius 1 is 1.50 bits per heavy atom. The van der Waals surface area contributed by atoms with E-state index in [0.29, 0.717) is 18.9 Å². The zero-order valence-corrected chi connectivity index (χ0v) is 9.76. The molecule has 0 saturated carbocycles. The minimum Gasteiger partial charge on any atom is -0.302 e. The third kappa shape index (κ3) is 3.55. The predicted octanol–water partition coefficient (Wildman–Crippen LogP) is 0.395. The lowest BCUT2D eigenvalue weighted by Gasteiger charge is -2.32. The van der Waals surface area contributed by atoms with Gasteiger partial charge in [-0.2, -0.15) is 0 Å². The van der Waals surface area contributed by atoms with E-state index in [1.807, 2.05) is 0 Å². The summed E-state index contributed by atoms with van der Waals surface area (Å²) in [6.07, 6.45) is 1.65. The summed E-state index contributed by atoms with van der Waals surface area (Å²) in [6, 6.07) is 0. The molecule has 1 saturated heterocycles. The van der Waals surface area contributed by atoms with Crippen molar-refractivity contribution < 1.29 is 8.42 Å². The van der Waals surface area contributed by atoms with Crippen LogP contribution in [0.1, 0.15) is 26.7 Å². The summed E-state index contributed by atoms with van der Waals surface area (Å²) >= 11 is 0. The smallest absolute Gasteiger partial charge is 0.213 e. The molecule has 0 aliphatic carbocycles. The Labute approximate surface area is 86.5 Å². The van der Waals surface area contributed by atoms with E-state index in [-0.39, 0.29) is 5.25 Å². The molecule has 14 heavy (non-hydrogen) atoms. The highest BCUT2D eigenvalue weighted by atomic mass is 32.2. The first-order valence-electron chi connectivity index (χ1n) is 5.13. The average molecular weight is 220 g/mol. The SMILES string of the molecule is CC(C)CN1CCC[C@@H](S(N)(=O)=O)C1. The minimum absolute atomic E-state index is 0.352. The van der Waals surface area contributed by atoms with Gasteiger partial charge in [-0.05, 0) is 25.3 Å². The molecule has 1 atom stereocenters. The lowest BCUT2D eigenvalue weighted by Crippen LogP contribution is -2.45. The first-order chi connectivity index (χ1) is 6.39. The number of primary sulfonamides is 1. The molecular formula is C9H20N2O2S. The van der Waals surface area contributed by atoms with Crippen molar-refractivity contribution in [3.63, 3.8) is 0 Å². The van der Waals surface area contributed by atoms with E-state index in [4.69, 9.17) is 5.14 Å². The maximum absolute atomic E-state index is 11.2. The second-order valence-corrected chi connectivity index (χ2v) is 6.35. The second-order valence-electron chi connectivity index (χ2n) is 4.51. The molecule has 4 nitrogen and oxygen atoms in total. The van der Waals surface area contributed by atoms with Gasteiger partial charge in [-0.15, -0.1) is 0 Å².